The van der Waals surface area contributed by atoms with E-state index in [2.05, 4.69) is 6.92 Å². The highest BCUT2D eigenvalue weighted by molar-refractivity contribution is 5.81. The van der Waals surface area contributed by atoms with E-state index in [1.807, 2.05) is 18.7 Å². The van der Waals surface area contributed by atoms with Gasteiger partial charge in [0.25, 0.3) is 0 Å². The fourth-order valence-corrected chi connectivity index (χ4v) is 1.94. The summed E-state index contributed by atoms with van der Waals surface area (Å²) in [5, 5.41) is 0. The van der Waals surface area contributed by atoms with Crippen LogP contribution in [0, 0.1) is 0 Å². The van der Waals surface area contributed by atoms with Gasteiger partial charge in [0, 0.05) is 26.3 Å². The van der Waals surface area contributed by atoms with Gasteiger partial charge in [0.1, 0.15) is 0 Å². The highest BCUT2D eigenvalue weighted by atomic mass is 16.5. The summed E-state index contributed by atoms with van der Waals surface area (Å²) >= 11 is 0. The third-order valence-corrected chi connectivity index (χ3v) is 3.09. The maximum atomic E-state index is 12.2. The molecule has 0 aliphatic heterocycles. The molecule has 0 aromatic rings. The molecule has 0 aromatic carbocycles. The average Bonchev–Trinajstić information content (AvgIpc) is 2.33. The number of carbonyl (C=O) groups excluding carboxylic acids is 1. The molecule has 4 nitrogen and oxygen atoms in total. The highest BCUT2D eigenvalue weighted by Gasteiger charge is 2.22. The maximum absolute atomic E-state index is 12.2. The van der Waals surface area contributed by atoms with Gasteiger partial charge < -0.3 is 15.4 Å². The molecule has 0 radical (unpaired) electrons. The summed E-state index contributed by atoms with van der Waals surface area (Å²) in [5.41, 5.74) is 5.95. The molecule has 0 fully saturated rings. The van der Waals surface area contributed by atoms with Crippen molar-refractivity contribution >= 4 is 5.91 Å². The molecule has 108 valence electrons. The molecule has 1 amide bonds. The van der Waals surface area contributed by atoms with Crippen LogP contribution in [0.3, 0.4) is 0 Å². The first-order valence-electron chi connectivity index (χ1n) is 7.09. The lowest BCUT2D eigenvalue weighted by atomic mass is 10.1. The Morgan fingerprint density at radius 2 is 1.94 bits per heavy atom. The first kappa shape index (κ1) is 17.4. The molecule has 18 heavy (non-hydrogen) atoms. The van der Waals surface area contributed by atoms with Crippen LogP contribution in [-0.2, 0) is 9.53 Å². The van der Waals surface area contributed by atoms with Crippen LogP contribution >= 0.6 is 0 Å². The second-order valence-electron chi connectivity index (χ2n) is 5.07. The molecule has 0 rings (SSSR count). The second-order valence-corrected chi connectivity index (χ2v) is 5.07. The predicted octanol–water partition coefficient (Wildman–Crippen LogP) is 2.17. The summed E-state index contributed by atoms with van der Waals surface area (Å²) in [6, 6.07) is -0.160. The van der Waals surface area contributed by atoms with Gasteiger partial charge in [0.2, 0.25) is 5.91 Å². The molecule has 2 N–H and O–H groups in total. The van der Waals surface area contributed by atoms with Crippen LogP contribution in [-0.4, -0.2) is 43.2 Å². The van der Waals surface area contributed by atoms with E-state index in [1.54, 1.807) is 7.11 Å². The van der Waals surface area contributed by atoms with Crippen molar-refractivity contribution < 1.29 is 9.53 Å². The van der Waals surface area contributed by atoms with Gasteiger partial charge in [-0.15, -0.1) is 0 Å². The molecule has 0 bridgehead atoms. The minimum Gasteiger partial charge on any atom is -0.385 e. The average molecular weight is 258 g/mol. The van der Waals surface area contributed by atoms with E-state index in [-0.39, 0.29) is 18.0 Å². The number of carbonyl (C=O) groups is 1. The monoisotopic (exact) mass is 258 g/mol. The Morgan fingerprint density at radius 1 is 1.28 bits per heavy atom. The Bertz CT molecular complexity index is 220. The predicted molar refractivity (Wildman–Crippen MR) is 75.5 cm³/mol. The number of ether oxygens (including phenoxy) is 1. The summed E-state index contributed by atoms with van der Waals surface area (Å²) in [6.45, 7) is 7.75. The number of amides is 1. The summed E-state index contributed by atoms with van der Waals surface area (Å²) in [4.78, 5) is 14.1. The van der Waals surface area contributed by atoms with Crippen LogP contribution in [0.4, 0.5) is 0 Å². The number of hydrogen-bond donors (Lipinski definition) is 1. The van der Waals surface area contributed by atoms with E-state index in [9.17, 15) is 4.79 Å². The molecule has 4 heteroatoms. The van der Waals surface area contributed by atoms with E-state index < -0.39 is 0 Å². The van der Waals surface area contributed by atoms with Crippen molar-refractivity contribution in [3.8, 4) is 0 Å². The van der Waals surface area contributed by atoms with Crippen molar-refractivity contribution in [1.29, 1.82) is 0 Å². The third-order valence-electron chi connectivity index (χ3n) is 3.09. The van der Waals surface area contributed by atoms with Crippen molar-refractivity contribution in [3.05, 3.63) is 0 Å². The molecule has 1 atom stereocenters. The standard InChI is InChI=1S/C14H30N2O2/c1-5-6-7-10-16(12(2)3)14(17)13(15)9-8-11-18-4/h12-13H,5-11,15H2,1-4H3. The molecular weight excluding hydrogens is 228 g/mol. The van der Waals surface area contributed by atoms with Gasteiger partial charge in [-0.25, -0.2) is 0 Å². The van der Waals surface area contributed by atoms with Gasteiger partial charge >= 0.3 is 0 Å². The van der Waals surface area contributed by atoms with Gasteiger partial charge in [0.15, 0.2) is 0 Å². The number of methoxy groups -OCH3 is 1. The van der Waals surface area contributed by atoms with Crippen molar-refractivity contribution in [2.45, 2.75) is 65.0 Å². The topological polar surface area (TPSA) is 55.6 Å². The van der Waals surface area contributed by atoms with Gasteiger partial charge in [0.05, 0.1) is 6.04 Å². The van der Waals surface area contributed by atoms with E-state index in [4.69, 9.17) is 10.5 Å². The fourth-order valence-electron chi connectivity index (χ4n) is 1.94. The molecule has 0 aliphatic rings. The van der Waals surface area contributed by atoms with Gasteiger partial charge in [-0.3, -0.25) is 4.79 Å². The van der Waals surface area contributed by atoms with Crippen LogP contribution in [0.15, 0.2) is 0 Å². The Labute approximate surface area is 112 Å². The van der Waals surface area contributed by atoms with E-state index in [1.165, 1.54) is 6.42 Å². The SMILES string of the molecule is CCCCCN(C(=O)C(N)CCCOC)C(C)C. The lowest BCUT2D eigenvalue weighted by Gasteiger charge is -2.29. The Balaban J connectivity index is 4.18. The Morgan fingerprint density at radius 3 is 2.44 bits per heavy atom. The molecule has 0 saturated heterocycles. The number of nitrogens with zero attached hydrogens (tertiary/aromatic N) is 1. The van der Waals surface area contributed by atoms with Crippen LogP contribution in [0.2, 0.25) is 0 Å². The zero-order chi connectivity index (χ0) is 14.0. The number of nitrogens with two attached hydrogens (primary N) is 1. The zero-order valence-corrected chi connectivity index (χ0v) is 12.4. The lowest BCUT2D eigenvalue weighted by Crippen LogP contribution is -2.47. The lowest BCUT2D eigenvalue weighted by molar-refractivity contribution is -0.134. The molecule has 0 saturated carbocycles. The Hall–Kier alpha value is -0.610. The van der Waals surface area contributed by atoms with E-state index in [0.29, 0.717) is 13.0 Å². The summed E-state index contributed by atoms with van der Waals surface area (Å²) in [5.74, 6) is 0.0807. The fraction of sp³-hybridized carbons (Fsp3) is 0.929. The van der Waals surface area contributed by atoms with Crippen LogP contribution in [0.25, 0.3) is 0 Å². The first-order valence-corrected chi connectivity index (χ1v) is 7.09. The minimum atomic E-state index is -0.385. The van der Waals surface area contributed by atoms with Crippen molar-refractivity contribution in [2.24, 2.45) is 5.73 Å². The van der Waals surface area contributed by atoms with Gasteiger partial charge in [-0.1, -0.05) is 19.8 Å². The molecule has 0 heterocycles. The van der Waals surface area contributed by atoms with Gasteiger partial charge in [-0.2, -0.15) is 0 Å². The number of rotatable bonds is 10. The van der Waals surface area contributed by atoms with Gasteiger partial charge in [-0.05, 0) is 33.1 Å². The van der Waals surface area contributed by atoms with Crippen LogP contribution < -0.4 is 5.73 Å². The highest BCUT2D eigenvalue weighted by Crippen LogP contribution is 2.08. The Kier molecular flexibility index (Phi) is 9.98. The van der Waals surface area contributed by atoms with Crippen LogP contribution in [0.1, 0.15) is 52.9 Å². The number of unbranched alkanes of at least 4 members (excludes halogenated alkanes) is 2. The zero-order valence-electron chi connectivity index (χ0n) is 12.4. The summed E-state index contributed by atoms with van der Waals surface area (Å²) < 4.78 is 4.98. The first-order chi connectivity index (χ1) is 8.54. The van der Waals surface area contributed by atoms with E-state index >= 15 is 0 Å². The summed E-state index contributed by atoms with van der Waals surface area (Å²) in [7, 11) is 1.67. The second kappa shape index (κ2) is 10.3. The normalized spacial score (nSPS) is 12.8. The van der Waals surface area contributed by atoms with Crippen molar-refractivity contribution in [1.82, 2.24) is 4.90 Å². The largest absolute Gasteiger partial charge is 0.385 e. The van der Waals surface area contributed by atoms with Crippen molar-refractivity contribution in [3.63, 3.8) is 0 Å². The number of hydrogen-bond acceptors (Lipinski definition) is 3. The third kappa shape index (κ3) is 6.97. The minimum absolute atomic E-state index is 0.0807. The quantitative estimate of drug-likeness (QED) is 0.611. The smallest absolute Gasteiger partial charge is 0.239 e. The molecular formula is C14H30N2O2. The molecule has 0 aromatic heterocycles. The molecule has 0 aliphatic carbocycles. The molecule has 1 unspecified atom stereocenters. The molecule has 0 spiro atoms. The maximum Gasteiger partial charge on any atom is 0.239 e. The van der Waals surface area contributed by atoms with E-state index in [0.717, 1.165) is 25.8 Å². The van der Waals surface area contributed by atoms with Crippen LogP contribution in [0.5, 0.6) is 0 Å². The van der Waals surface area contributed by atoms with Crippen molar-refractivity contribution in [2.75, 3.05) is 20.3 Å². The summed E-state index contributed by atoms with van der Waals surface area (Å²) in [6.07, 6.45) is 4.93.